The van der Waals surface area contributed by atoms with E-state index >= 15 is 0 Å². The molecule has 0 aliphatic carbocycles. The second-order valence-corrected chi connectivity index (χ2v) is 7.74. The zero-order valence-electron chi connectivity index (χ0n) is 13.1. The quantitative estimate of drug-likeness (QED) is 0.417. The normalized spacial score (nSPS) is 11.7. The predicted octanol–water partition coefficient (Wildman–Crippen LogP) is 4.87. The molecule has 0 saturated carbocycles. The largest absolute Gasteiger partial charge is 0.279 e. The topological polar surface area (TPSA) is 46.2 Å². The number of aryl methyl sites for hydroxylation is 2. The van der Waals surface area contributed by atoms with Crippen molar-refractivity contribution in [2.24, 2.45) is 0 Å². The SMILES string of the molecule is Cc1cc(C)c(NS(=O)(=O)c2c(F)c(F)c(F)c(F)c2F)c(C)c1Br. The van der Waals surface area contributed by atoms with Crippen molar-refractivity contribution in [3.63, 3.8) is 0 Å². The molecule has 1 N–H and O–H groups in total. The molecule has 2 aromatic carbocycles. The van der Waals surface area contributed by atoms with Crippen molar-refractivity contribution < 1.29 is 30.4 Å². The van der Waals surface area contributed by atoms with Gasteiger partial charge in [0.15, 0.2) is 28.2 Å². The summed E-state index contributed by atoms with van der Waals surface area (Å²) in [6.07, 6.45) is 0. The van der Waals surface area contributed by atoms with Crippen molar-refractivity contribution in [1.82, 2.24) is 0 Å². The minimum Gasteiger partial charge on any atom is -0.279 e. The lowest BCUT2D eigenvalue weighted by Gasteiger charge is -2.17. The predicted molar refractivity (Wildman–Crippen MR) is 85.4 cm³/mol. The number of benzene rings is 2. The number of nitrogens with one attached hydrogen (secondary N) is 1. The van der Waals surface area contributed by atoms with Crippen LogP contribution in [-0.4, -0.2) is 8.42 Å². The lowest BCUT2D eigenvalue weighted by Crippen LogP contribution is -2.20. The van der Waals surface area contributed by atoms with Gasteiger partial charge in [-0.2, -0.15) is 0 Å². The Morgan fingerprint density at radius 3 is 1.76 bits per heavy atom. The number of sulfonamides is 1. The molecule has 0 aliphatic rings. The highest BCUT2D eigenvalue weighted by Crippen LogP contribution is 2.34. The fraction of sp³-hybridized carbons (Fsp3) is 0.200. The van der Waals surface area contributed by atoms with Crippen LogP contribution in [0.4, 0.5) is 27.6 Å². The van der Waals surface area contributed by atoms with Crippen LogP contribution in [-0.2, 0) is 10.0 Å². The summed E-state index contributed by atoms with van der Waals surface area (Å²) in [5.74, 6) is -12.0. The Hall–Kier alpha value is -1.68. The van der Waals surface area contributed by atoms with Gasteiger partial charge in [0.25, 0.3) is 10.0 Å². The third-order valence-electron chi connectivity index (χ3n) is 3.55. The van der Waals surface area contributed by atoms with Crippen molar-refractivity contribution in [3.05, 3.63) is 56.3 Å². The van der Waals surface area contributed by atoms with Crippen molar-refractivity contribution in [1.29, 1.82) is 0 Å². The van der Waals surface area contributed by atoms with Crippen LogP contribution in [0.15, 0.2) is 15.4 Å². The molecule has 0 spiro atoms. The van der Waals surface area contributed by atoms with Crippen molar-refractivity contribution in [3.8, 4) is 0 Å². The van der Waals surface area contributed by atoms with E-state index < -0.39 is 44.0 Å². The molecule has 0 aromatic heterocycles. The van der Waals surface area contributed by atoms with Gasteiger partial charge in [-0.25, -0.2) is 30.4 Å². The molecule has 25 heavy (non-hydrogen) atoms. The number of halogens is 6. The molecular weight excluding hydrogens is 433 g/mol. The van der Waals surface area contributed by atoms with E-state index in [1.165, 1.54) is 13.8 Å². The summed E-state index contributed by atoms with van der Waals surface area (Å²) >= 11 is 3.24. The minimum atomic E-state index is -5.08. The first-order valence-electron chi connectivity index (χ1n) is 6.70. The summed E-state index contributed by atoms with van der Waals surface area (Å²) in [5.41, 5.74) is 1.55. The molecule has 136 valence electrons. The van der Waals surface area contributed by atoms with Crippen molar-refractivity contribution >= 4 is 31.6 Å². The van der Waals surface area contributed by atoms with E-state index in [1.807, 2.05) is 4.72 Å². The van der Waals surface area contributed by atoms with Crippen LogP contribution in [0.3, 0.4) is 0 Å². The van der Waals surface area contributed by atoms with Crippen LogP contribution in [0, 0.1) is 49.9 Å². The Morgan fingerprint density at radius 1 is 0.840 bits per heavy atom. The molecule has 0 radical (unpaired) electrons. The summed E-state index contributed by atoms with van der Waals surface area (Å²) in [4.78, 5) is -1.93. The van der Waals surface area contributed by atoms with E-state index in [-0.39, 0.29) is 5.69 Å². The van der Waals surface area contributed by atoms with E-state index in [0.717, 1.165) is 5.56 Å². The maximum Gasteiger partial charge on any atom is 0.268 e. The molecule has 0 fully saturated rings. The van der Waals surface area contributed by atoms with Crippen LogP contribution in [0.25, 0.3) is 0 Å². The molecule has 10 heteroatoms. The van der Waals surface area contributed by atoms with Crippen LogP contribution < -0.4 is 4.72 Å². The monoisotopic (exact) mass is 443 g/mol. The fourth-order valence-electron chi connectivity index (χ4n) is 2.32. The first-order valence-corrected chi connectivity index (χ1v) is 8.98. The standard InChI is InChI=1S/C15H11BrF5NO2S/c1-5-4-6(2)14(7(3)8(5)16)22-25(23,24)15-12(20)10(18)9(17)11(19)13(15)21/h4,22H,1-3H3. The molecule has 0 amide bonds. The first kappa shape index (κ1) is 19.6. The minimum absolute atomic E-state index is 0.0265. The Kier molecular flexibility index (Phi) is 5.16. The second-order valence-electron chi connectivity index (χ2n) is 5.33. The van der Waals surface area contributed by atoms with E-state index in [2.05, 4.69) is 15.9 Å². The summed E-state index contributed by atoms with van der Waals surface area (Å²) in [7, 11) is -5.08. The van der Waals surface area contributed by atoms with Gasteiger partial charge in [0.2, 0.25) is 5.82 Å². The van der Waals surface area contributed by atoms with Gasteiger partial charge in [0.1, 0.15) is 0 Å². The third-order valence-corrected chi connectivity index (χ3v) is 6.14. The molecule has 2 aromatic rings. The zero-order chi connectivity index (χ0) is 19.3. The van der Waals surface area contributed by atoms with Crippen LogP contribution in [0.5, 0.6) is 0 Å². The van der Waals surface area contributed by atoms with E-state index in [1.54, 1.807) is 13.0 Å². The molecule has 0 heterocycles. The van der Waals surface area contributed by atoms with Gasteiger partial charge in [0, 0.05) is 4.47 Å². The van der Waals surface area contributed by atoms with Crippen molar-refractivity contribution in [2.45, 2.75) is 25.7 Å². The molecule has 0 aliphatic heterocycles. The van der Waals surface area contributed by atoms with E-state index in [0.29, 0.717) is 15.6 Å². The number of hydrogen-bond donors (Lipinski definition) is 1. The average molecular weight is 444 g/mol. The van der Waals surface area contributed by atoms with Crippen LogP contribution >= 0.6 is 15.9 Å². The average Bonchev–Trinajstić information content (AvgIpc) is 2.53. The lowest BCUT2D eigenvalue weighted by atomic mass is 10.1. The highest BCUT2D eigenvalue weighted by molar-refractivity contribution is 9.10. The highest BCUT2D eigenvalue weighted by Gasteiger charge is 2.34. The molecule has 0 unspecified atom stereocenters. The molecule has 0 bridgehead atoms. The maximum atomic E-state index is 13.8. The van der Waals surface area contributed by atoms with E-state index in [9.17, 15) is 30.4 Å². The Labute approximate surface area is 149 Å². The Bertz CT molecular complexity index is 963. The zero-order valence-corrected chi connectivity index (χ0v) is 15.5. The van der Waals surface area contributed by atoms with Gasteiger partial charge in [-0.05, 0) is 37.5 Å². The molecule has 3 nitrogen and oxygen atoms in total. The molecule has 2 rings (SSSR count). The molecule has 0 saturated heterocycles. The van der Waals surface area contributed by atoms with Crippen LogP contribution in [0.1, 0.15) is 16.7 Å². The smallest absolute Gasteiger partial charge is 0.268 e. The van der Waals surface area contributed by atoms with Gasteiger partial charge >= 0.3 is 0 Å². The van der Waals surface area contributed by atoms with Gasteiger partial charge in [-0.3, -0.25) is 4.72 Å². The number of rotatable bonds is 3. The third kappa shape index (κ3) is 3.24. The fourth-order valence-corrected chi connectivity index (χ4v) is 3.97. The summed E-state index contributed by atoms with van der Waals surface area (Å²) < 4.78 is 94.3. The van der Waals surface area contributed by atoms with Gasteiger partial charge in [-0.1, -0.05) is 22.0 Å². The van der Waals surface area contributed by atoms with Crippen molar-refractivity contribution in [2.75, 3.05) is 4.72 Å². The molecule has 0 atom stereocenters. The maximum absolute atomic E-state index is 13.8. The first-order chi connectivity index (χ1) is 11.4. The number of hydrogen-bond acceptors (Lipinski definition) is 2. The van der Waals surface area contributed by atoms with Gasteiger partial charge in [0.05, 0.1) is 5.69 Å². The highest BCUT2D eigenvalue weighted by atomic mass is 79.9. The van der Waals surface area contributed by atoms with E-state index in [4.69, 9.17) is 0 Å². The summed E-state index contributed by atoms with van der Waals surface area (Å²) in [6.45, 7) is 4.80. The Balaban J connectivity index is 2.70. The molecular formula is C15H11BrF5NO2S. The van der Waals surface area contributed by atoms with Crippen LogP contribution in [0.2, 0.25) is 0 Å². The van der Waals surface area contributed by atoms with Gasteiger partial charge in [-0.15, -0.1) is 0 Å². The second kappa shape index (κ2) is 6.56. The Morgan fingerprint density at radius 2 is 1.28 bits per heavy atom. The lowest BCUT2D eigenvalue weighted by molar-refractivity contribution is 0.358. The summed E-state index contributed by atoms with van der Waals surface area (Å²) in [5, 5.41) is 0. The number of anilines is 1. The van der Waals surface area contributed by atoms with Gasteiger partial charge < -0.3 is 0 Å². The summed E-state index contributed by atoms with van der Waals surface area (Å²) in [6, 6.07) is 1.59.